The van der Waals surface area contributed by atoms with E-state index in [1.54, 1.807) is 0 Å². The highest BCUT2D eigenvalue weighted by Crippen LogP contribution is 2.27. The zero-order valence-corrected chi connectivity index (χ0v) is 14.0. The minimum absolute atomic E-state index is 0.553. The first kappa shape index (κ1) is 15.9. The summed E-state index contributed by atoms with van der Waals surface area (Å²) in [5.74, 6) is 0. The summed E-state index contributed by atoms with van der Waals surface area (Å²) in [5.41, 5.74) is 1.18. The molecule has 0 aliphatic heterocycles. The monoisotopic (exact) mass is 295 g/mol. The number of nitrogens with one attached hydrogen (secondary N) is 1. The Morgan fingerprint density at radius 3 is 2.80 bits per heavy atom. The van der Waals surface area contributed by atoms with Crippen LogP contribution in [0.15, 0.2) is 12.3 Å². The molecule has 1 aromatic heterocycles. The van der Waals surface area contributed by atoms with E-state index in [2.05, 4.69) is 42.4 Å². The van der Waals surface area contributed by atoms with Crippen molar-refractivity contribution < 1.29 is 0 Å². The summed E-state index contributed by atoms with van der Waals surface area (Å²) in [6, 6.07) is 3.39. The molecule has 3 nitrogen and oxygen atoms in total. The summed E-state index contributed by atoms with van der Waals surface area (Å²) in [4.78, 5) is 0. The van der Waals surface area contributed by atoms with Crippen LogP contribution < -0.4 is 5.32 Å². The van der Waals surface area contributed by atoms with Crippen LogP contribution in [0, 0.1) is 0 Å². The molecule has 114 valence electrons. The molecular weight excluding hydrogens is 266 g/mol. The van der Waals surface area contributed by atoms with Crippen molar-refractivity contribution in [2.45, 2.75) is 76.3 Å². The molecule has 1 aliphatic rings. The molecule has 20 heavy (non-hydrogen) atoms. The molecule has 1 aromatic rings. The fraction of sp³-hybridized carbons (Fsp3) is 0.812. The fourth-order valence-corrected chi connectivity index (χ4v) is 4.15. The van der Waals surface area contributed by atoms with Crippen molar-refractivity contribution in [2.75, 3.05) is 6.26 Å². The van der Waals surface area contributed by atoms with Crippen LogP contribution in [-0.4, -0.2) is 27.3 Å². The van der Waals surface area contributed by atoms with Gasteiger partial charge in [-0.25, -0.2) is 0 Å². The van der Waals surface area contributed by atoms with Gasteiger partial charge in [0.25, 0.3) is 0 Å². The molecule has 4 heteroatoms. The maximum atomic E-state index is 4.73. The molecule has 1 heterocycles. The molecular formula is C16H29N3S. The zero-order chi connectivity index (χ0) is 14.4. The van der Waals surface area contributed by atoms with Gasteiger partial charge in [0, 0.05) is 24.0 Å². The molecule has 1 N–H and O–H groups in total. The van der Waals surface area contributed by atoms with Crippen molar-refractivity contribution in [3.8, 4) is 0 Å². The first-order chi connectivity index (χ1) is 9.78. The third-order valence-corrected chi connectivity index (χ3v) is 5.70. The Labute approximate surface area is 127 Å². The topological polar surface area (TPSA) is 29.9 Å². The van der Waals surface area contributed by atoms with Gasteiger partial charge in [0.1, 0.15) is 0 Å². The largest absolute Gasteiger partial charge is 0.307 e. The van der Waals surface area contributed by atoms with Gasteiger partial charge >= 0.3 is 0 Å². The molecule has 1 saturated carbocycles. The van der Waals surface area contributed by atoms with Gasteiger partial charge in [-0.2, -0.15) is 16.9 Å². The molecule has 0 spiro atoms. The molecule has 2 unspecified atom stereocenters. The van der Waals surface area contributed by atoms with Crippen LogP contribution in [0.1, 0.15) is 64.1 Å². The lowest BCUT2D eigenvalue weighted by atomic mass is 9.95. The first-order valence-corrected chi connectivity index (χ1v) is 9.37. The summed E-state index contributed by atoms with van der Waals surface area (Å²) >= 11 is 2.02. The smallest absolute Gasteiger partial charge is 0.0762 e. The van der Waals surface area contributed by atoms with Gasteiger partial charge in [-0.3, -0.25) is 4.68 Å². The summed E-state index contributed by atoms with van der Waals surface area (Å²) in [6.45, 7) is 5.38. The minimum atomic E-state index is 0.553. The molecule has 0 radical (unpaired) electrons. The van der Waals surface area contributed by atoms with Gasteiger partial charge in [-0.05, 0) is 38.0 Å². The Kier molecular flexibility index (Phi) is 6.43. The van der Waals surface area contributed by atoms with Crippen LogP contribution in [0.5, 0.6) is 0 Å². The van der Waals surface area contributed by atoms with Gasteiger partial charge in [-0.15, -0.1) is 0 Å². The number of thioether (sulfide) groups is 1. The Balaban J connectivity index is 1.87. The Morgan fingerprint density at radius 1 is 1.35 bits per heavy atom. The molecule has 1 aliphatic carbocycles. The fourth-order valence-electron chi connectivity index (χ4n) is 3.19. The van der Waals surface area contributed by atoms with Crippen molar-refractivity contribution in [2.24, 2.45) is 0 Å². The summed E-state index contributed by atoms with van der Waals surface area (Å²) < 4.78 is 2.14. The van der Waals surface area contributed by atoms with E-state index in [1.165, 1.54) is 31.4 Å². The SMILES string of the molecule is CCC(CC)n1ccc(CNC2CCCCC2SC)n1. The van der Waals surface area contributed by atoms with E-state index in [-0.39, 0.29) is 0 Å². The van der Waals surface area contributed by atoms with E-state index < -0.39 is 0 Å². The lowest BCUT2D eigenvalue weighted by molar-refractivity contribution is 0.378. The second kappa shape index (κ2) is 8.08. The minimum Gasteiger partial charge on any atom is -0.307 e. The number of hydrogen-bond acceptors (Lipinski definition) is 3. The highest BCUT2D eigenvalue weighted by Gasteiger charge is 2.23. The van der Waals surface area contributed by atoms with Crippen LogP contribution in [-0.2, 0) is 6.54 Å². The highest BCUT2D eigenvalue weighted by atomic mass is 32.2. The molecule has 2 rings (SSSR count). The van der Waals surface area contributed by atoms with Gasteiger partial charge in [-0.1, -0.05) is 26.7 Å². The Bertz CT molecular complexity index is 387. The third kappa shape index (κ3) is 4.01. The Morgan fingerprint density at radius 2 is 2.10 bits per heavy atom. The van der Waals surface area contributed by atoms with Crippen LogP contribution in [0.4, 0.5) is 0 Å². The summed E-state index contributed by atoms with van der Waals surface area (Å²) in [6.07, 6.45) is 12.1. The van der Waals surface area contributed by atoms with Gasteiger partial charge < -0.3 is 5.32 Å². The molecule has 0 amide bonds. The van der Waals surface area contributed by atoms with Gasteiger partial charge in [0.15, 0.2) is 0 Å². The molecule has 0 saturated heterocycles. The predicted molar refractivity (Wildman–Crippen MR) is 88.2 cm³/mol. The lowest BCUT2D eigenvalue weighted by Crippen LogP contribution is -2.40. The number of hydrogen-bond donors (Lipinski definition) is 1. The lowest BCUT2D eigenvalue weighted by Gasteiger charge is -2.30. The normalized spacial score (nSPS) is 23.4. The van der Waals surface area contributed by atoms with Crippen molar-refractivity contribution in [3.05, 3.63) is 18.0 Å². The number of aromatic nitrogens is 2. The van der Waals surface area contributed by atoms with Crippen molar-refractivity contribution in [1.82, 2.24) is 15.1 Å². The van der Waals surface area contributed by atoms with Crippen molar-refractivity contribution >= 4 is 11.8 Å². The van der Waals surface area contributed by atoms with Crippen LogP contribution in [0.25, 0.3) is 0 Å². The van der Waals surface area contributed by atoms with Gasteiger partial charge in [0.05, 0.1) is 11.7 Å². The zero-order valence-electron chi connectivity index (χ0n) is 13.1. The molecule has 0 aromatic carbocycles. The van der Waals surface area contributed by atoms with E-state index in [9.17, 15) is 0 Å². The Hall–Kier alpha value is -0.480. The second-order valence-electron chi connectivity index (χ2n) is 5.80. The molecule has 2 atom stereocenters. The van der Waals surface area contributed by atoms with E-state index in [4.69, 9.17) is 5.10 Å². The van der Waals surface area contributed by atoms with E-state index in [1.807, 2.05) is 11.8 Å². The second-order valence-corrected chi connectivity index (χ2v) is 6.88. The van der Waals surface area contributed by atoms with Crippen molar-refractivity contribution in [1.29, 1.82) is 0 Å². The van der Waals surface area contributed by atoms with E-state index >= 15 is 0 Å². The maximum Gasteiger partial charge on any atom is 0.0762 e. The highest BCUT2D eigenvalue weighted by molar-refractivity contribution is 7.99. The van der Waals surface area contributed by atoms with Crippen LogP contribution >= 0.6 is 11.8 Å². The summed E-state index contributed by atoms with van der Waals surface area (Å²) in [5, 5.41) is 9.25. The van der Waals surface area contributed by atoms with Crippen LogP contribution in [0.3, 0.4) is 0 Å². The average molecular weight is 295 g/mol. The quantitative estimate of drug-likeness (QED) is 0.824. The maximum absolute atomic E-state index is 4.73. The van der Waals surface area contributed by atoms with E-state index in [0.29, 0.717) is 12.1 Å². The van der Waals surface area contributed by atoms with Crippen molar-refractivity contribution in [3.63, 3.8) is 0 Å². The number of rotatable bonds is 7. The van der Waals surface area contributed by atoms with Crippen LogP contribution in [0.2, 0.25) is 0 Å². The average Bonchev–Trinajstić information content (AvgIpc) is 2.95. The number of nitrogens with zero attached hydrogens (tertiary/aromatic N) is 2. The predicted octanol–water partition coefficient (Wildman–Crippen LogP) is 4.01. The summed E-state index contributed by atoms with van der Waals surface area (Å²) in [7, 11) is 0. The molecule has 1 fully saturated rings. The first-order valence-electron chi connectivity index (χ1n) is 8.08. The third-order valence-electron chi connectivity index (χ3n) is 4.53. The van der Waals surface area contributed by atoms with Gasteiger partial charge in [0.2, 0.25) is 0 Å². The standard InChI is InChI=1S/C16H29N3S/c1-4-14(5-2)19-11-10-13(18-19)12-17-15-8-6-7-9-16(15)20-3/h10-11,14-17H,4-9,12H2,1-3H3. The van der Waals surface area contributed by atoms with E-state index in [0.717, 1.165) is 24.6 Å². The molecule has 0 bridgehead atoms.